The second-order valence-corrected chi connectivity index (χ2v) is 12.0. The molecule has 1 aliphatic rings. The Balaban J connectivity index is 1.31. The van der Waals surface area contributed by atoms with E-state index < -0.39 is 17.5 Å². The minimum absolute atomic E-state index is 0.0906. The van der Waals surface area contributed by atoms with E-state index in [1.807, 2.05) is 23.7 Å². The summed E-state index contributed by atoms with van der Waals surface area (Å²) in [7, 11) is 1.88. The van der Waals surface area contributed by atoms with E-state index in [0.717, 1.165) is 51.0 Å². The van der Waals surface area contributed by atoms with Gasteiger partial charge in [0, 0.05) is 26.7 Å². The number of aromatic nitrogens is 2. The number of benzene rings is 3. The Morgan fingerprint density at radius 1 is 1.00 bits per heavy atom. The van der Waals surface area contributed by atoms with Crippen molar-refractivity contribution in [1.29, 1.82) is 0 Å². The third kappa shape index (κ3) is 6.03. The summed E-state index contributed by atoms with van der Waals surface area (Å²) in [6.45, 7) is 3.41. The van der Waals surface area contributed by atoms with Crippen LogP contribution in [0.3, 0.4) is 0 Å². The number of nitrogens with one attached hydrogen (secondary N) is 2. The Hall–Kier alpha value is -3.43. The molecule has 1 saturated heterocycles. The van der Waals surface area contributed by atoms with Crippen molar-refractivity contribution in [3.05, 3.63) is 81.8 Å². The monoisotopic (exact) mass is 617 g/mol. The minimum Gasteiger partial charge on any atom is -0.370 e. The molecular formula is C31H32Cl2F3N5O. The molecule has 6 nitrogen and oxygen atoms in total. The quantitative estimate of drug-likeness (QED) is 0.219. The van der Waals surface area contributed by atoms with Crippen molar-refractivity contribution in [1.82, 2.24) is 14.9 Å². The van der Waals surface area contributed by atoms with Gasteiger partial charge in [0.15, 0.2) is 0 Å². The Bertz CT molecular complexity index is 1600. The zero-order valence-corrected chi connectivity index (χ0v) is 25.0. The number of anilines is 3. The third-order valence-electron chi connectivity index (χ3n) is 8.06. The highest BCUT2D eigenvalue weighted by molar-refractivity contribution is 6.34. The molecule has 1 aliphatic heterocycles. The first-order valence-electron chi connectivity index (χ1n) is 13.7. The molecule has 0 radical (unpaired) electrons. The average molecular weight is 619 g/mol. The molecule has 3 aromatic carbocycles. The van der Waals surface area contributed by atoms with Crippen molar-refractivity contribution < 1.29 is 18.0 Å². The van der Waals surface area contributed by atoms with Crippen LogP contribution in [0.4, 0.5) is 30.5 Å². The number of alkyl halides is 3. The molecule has 4 aromatic rings. The Labute approximate surface area is 252 Å². The molecule has 0 saturated carbocycles. The molecule has 0 aliphatic carbocycles. The number of hydrogen-bond acceptors (Lipinski definition) is 4. The van der Waals surface area contributed by atoms with Gasteiger partial charge in [0.25, 0.3) is 0 Å². The lowest BCUT2D eigenvalue weighted by Crippen LogP contribution is -2.46. The fourth-order valence-electron chi connectivity index (χ4n) is 5.17. The number of rotatable bonds is 7. The highest BCUT2D eigenvalue weighted by atomic mass is 35.5. The maximum absolute atomic E-state index is 13.2. The highest BCUT2D eigenvalue weighted by Gasteiger charge is 2.52. The van der Waals surface area contributed by atoms with Gasteiger partial charge in [-0.1, -0.05) is 59.6 Å². The average Bonchev–Trinajstić information content (AvgIpc) is 3.26. The van der Waals surface area contributed by atoms with Crippen molar-refractivity contribution in [2.75, 3.05) is 23.3 Å². The maximum Gasteiger partial charge on any atom is 0.402 e. The van der Waals surface area contributed by atoms with Crippen molar-refractivity contribution in [3.8, 4) is 0 Å². The van der Waals surface area contributed by atoms with Gasteiger partial charge in [-0.15, -0.1) is 0 Å². The van der Waals surface area contributed by atoms with E-state index in [-0.39, 0.29) is 6.54 Å². The van der Waals surface area contributed by atoms with E-state index in [4.69, 9.17) is 28.2 Å². The number of carbonyl (C=O) groups is 1. The lowest BCUT2D eigenvalue weighted by molar-refractivity contribution is -0.211. The van der Waals surface area contributed by atoms with Crippen molar-refractivity contribution in [3.63, 3.8) is 0 Å². The smallest absolute Gasteiger partial charge is 0.370 e. The fourth-order valence-corrected chi connectivity index (χ4v) is 5.61. The SMILES string of the molecule is Cn1c(Nc2cc(CNC(=O)C(C)(C)C(F)(F)F)ccc2Cl)nc2cc(Cl)c(N3CCC(c4ccccc4)CC3)cc21. The lowest BCUT2D eigenvalue weighted by atomic mass is 9.89. The molecule has 0 bridgehead atoms. The summed E-state index contributed by atoms with van der Waals surface area (Å²) in [5.41, 5.74) is 2.50. The number of amides is 1. The molecule has 42 heavy (non-hydrogen) atoms. The van der Waals surface area contributed by atoms with E-state index in [1.54, 1.807) is 18.2 Å². The number of nitrogens with zero attached hydrogens (tertiary/aromatic N) is 3. The number of imidazole rings is 1. The molecule has 2 heterocycles. The van der Waals surface area contributed by atoms with Gasteiger partial charge in [-0.3, -0.25) is 4.79 Å². The lowest BCUT2D eigenvalue weighted by Gasteiger charge is -2.34. The molecule has 5 rings (SSSR count). The first-order chi connectivity index (χ1) is 19.8. The van der Waals surface area contributed by atoms with Gasteiger partial charge < -0.3 is 20.1 Å². The molecule has 11 heteroatoms. The first-order valence-corrected chi connectivity index (χ1v) is 14.5. The molecule has 1 fully saturated rings. The summed E-state index contributed by atoms with van der Waals surface area (Å²) in [6.07, 6.45) is -2.58. The summed E-state index contributed by atoms with van der Waals surface area (Å²) in [5, 5.41) is 6.62. The molecule has 222 valence electrons. The number of carbonyl (C=O) groups excluding carboxylic acids is 1. The Morgan fingerprint density at radius 2 is 1.69 bits per heavy atom. The van der Waals surface area contributed by atoms with Crippen LogP contribution < -0.4 is 15.5 Å². The number of piperidine rings is 1. The van der Waals surface area contributed by atoms with E-state index in [0.29, 0.717) is 38.7 Å². The highest BCUT2D eigenvalue weighted by Crippen LogP contribution is 2.39. The van der Waals surface area contributed by atoms with Crippen LogP contribution in [0.1, 0.15) is 43.7 Å². The van der Waals surface area contributed by atoms with Crippen molar-refractivity contribution >= 4 is 57.5 Å². The van der Waals surface area contributed by atoms with Gasteiger partial charge >= 0.3 is 6.18 Å². The molecule has 1 amide bonds. The van der Waals surface area contributed by atoms with Crippen LogP contribution in [0.5, 0.6) is 0 Å². The predicted molar refractivity (Wildman–Crippen MR) is 163 cm³/mol. The summed E-state index contributed by atoms with van der Waals surface area (Å²) >= 11 is 13.2. The third-order valence-corrected chi connectivity index (χ3v) is 8.70. The van der Waals surface area contributed by atoms with Crippen LogP contribution in [0.15, 0.2) is 60.7 Å². The fraction of sp³-hybridized carbons (Fsp3) is 0.355. The molecule has 1 aromatic heterocycles. The summed E-state index contributed by atoms with van der Waals surface area (Å²) in [5.74, 6) is -0.0588. The van der Waals surface area contributed by atoms with E-state index in [1.165, 1.54) is 5.56 Å². The van der Waals surface area contributed by atoms with Crippen LogP contribution in [0, 0.1) is 5.41 Å². The first kappa shape index (κ1) is 30.0. The number of aryl methyl sites for hydroxylation is 1. The normalized spacial score (nSPS) is 14.8. The number of halogens is 5. The van der Waals surface area contributed by atoms with Gasteiger partial charge in [-0.2, -0.15) is 13.2 Å². The number of hydrogen-bond donors (Lipinski definition) is 2. The standard InChI is InChI=1S/C31H32Cl2F3N5O/c1-30(2,31(34,35)36)28(42)37-18-19-9-10-22(32)24(15-19)38-29-39-25-16-23(33)26(17-27(25)40(29)3)41-13-11-21(12-14-41)20-7-5-4-6-8-20/h4-10,15-17,21H,11-14,18H2,1-3H3,(H,37,42)(H,38,39). The van der Waals surface area contributed by atoms with Gasteiger partial charge in [0.2, 0.25) is 11.9 Å². The van der Waals surface area contributed by atoms with Crippen molar-refractivity contribution in [2.45, 2.75) is 45.3 Å². The maximum atomic E-state index is 13.2. The summed E-state index contributed by atoms with van der Waals surface area (Å²) in [6, 6.07) is 19.4. The molecular weight excluding hydrogens is 586 g/mol. The van der Waals surface area contributed by atoms with Crippen LogP contribution in [-0.4, -0.2) is 34.7 Å². The second kappa shape index (κ2) is 11.7. The molecule has 0 unspecified atom stereocenters. The van der Waals surface area contributed by atoms with Gasteiger partial charge in [-0.25, -0.2) is 4.98 Å². The van der Waals surface area contributed by atoms with E-state index in [9.17, 15) is 18.0 Å². The Kier molecular flexibility index (Phi) is 8.36. The van der Waals surface area contributed by atoms with Crippen molar-refractivity contribution in [2.24, 2.45) is 12.5 Å². The second-order valence-electron chi connectivity index (χ2n) is 11.2. The van der Waals surface area contributed by atoms with Crippen LogP contribution in [0.25, 0.3) is 11.0 Å². The molecule has 0 spiro atoms. The molecule has 0 atom stereocenters. The van der Waals surface area contributed by atoms with Crippen LogP contribution in [0.2, 0.25) is 10.0 Å². The largest absolute Gasteiger partial charge is 0.402 e. The summed E-state index contributed by atoms with van der Waals surface area (Å²) < 4.78 is 41.6. The zero-order chi connectivity index (χ0) is 30.2. The van der Waals surface area contributed by atoms with Crippen LogP contribution >= 0.6 is 23.2 Å². The van der Waals surface area contributed by atoms with Crippen LogP contribution in [-0.2, 0) is 18.4 Å². The number of fused-ring (bicyclic) bond motifs is 1. The van der Waals surface area contributed by atoms with Gasteiger partial charge in [0.1, 0.15) is 5.41 Å². The van der Waals surface area contributed by atoms with Gasteiger partial charge in [-0.05, 0) is 68.0 Å². The topological polar surface area (TPSA) is 62.2 Å². The van der Waals surface area contributed by atoms with E-state index in [2.05, 4.69) is 45.9 Å². The van der Waals surface area contributed by atoms with Gasteiger partial charge in [0.05, 0.1) is 32.5 Å². The predicted octanol–water partition coefficient (Wildman–Crippen LogP) is 8.21. The van der Waals surface area contributed by atoms with E-state index >= 15 is 0 Å². The zero-order valence-electron chi connectivity index (χ0n) is 23.5. The molecule has 2 N–H and O–H groups in total. The Morgan fingerprint density at radius 3 is 2.36 bits per heavy atom. The minimum atomic E-state index is -4.66. The summed E-state index contributed by atoms with van der Waals surface area (Å²) in [4.78, 5) is 19.2.